The maximum Gasteiger partial charge on any atom is 0.129 e. The van der Waals surface area contributed by atoms with Crippen LogP contribution in [0.4, 0.5) is 5.82 Å². The number of aromatic nitrogens is 3. The molecule has 1 unspecified atom stereocenters. The standard InChI is InChI=1S/C18H22N4S/c1-13-19-11-14-7-9-18(17(14)20-13)8-4-10-22(12-18)15-5-3-6-16(21-15)23-2/h3,5-6,11H,4,7-10,12H2,1-2H3. The molecule has 0 radical (unpaired) electrons. The van der Waals surface area contributed by atoms with Crippen LogP contribution in [-0.4, -0.2) is 34.3 Å². The predicted molar refractivity (Wildman–Crippen MR) is 94.2 cm³/mol. The molecule has 5 heteroatoms. The van der Waals surface area contributed by atoms with Crippen LogP contribution < -0.4 is 4.90 Å². The fraction of sp³-hybridized carbons (Fsp3) is 0.500. The molecule has 1 aliphatic heterocycles. The molecule has 4 rings (SSSR count). The van der Waals surface area contributed by atoms with Crippen LogP contribution in [0.15, 0.2) is 29.4 Å². The maximum atomic E-state index is 4.83. The fourth-order valence-electron chi connectivity index (χ4n) is 4.05. The van der Waals surface area contributed by atoms with Crippen LogP contribution >= 0.6 is 11.8 Å². The van der Waals surface area contributed by atoms with Crippen LogP contribution in [0.3, 0.4) is 0 Å². The number of hydrogen-bond acceptors (Lipinski definition) is 5. The Kier molecular flexibility index (Phi) is 3.76. The second-order valence-corrected chi connectivity index (χ2v) is 7.46. The lowest BCUT2D eigenvalue weighted by Gasteiger charge is -2.41. The van der Waals surface area contributed by atoms with Gasteiger partial charge < -0.3 is 4.90 Å². The van der Waals surface area contributed by atoms with E-state index in [9.17, 15) is 0 Å². The van der Waals surface area contributed by atoms with E-state index in [1.807, 2.05) is 13.1 Å². The smallest absolute Gasteiger partial charge is 0.129 e. The summed E-state index contributed by atoms with van der Waals surface area (Å²) in [6.45, 7) is 4.11. The summed E-state index contributed by atoms with van der Waals surface area (Å²) in [6, 6.07) is 6.33. The van der Waals surface area contributed by atoms with Crippen molar-refractivity contribution in [3.8, 4) is 0 Å². The van der Waals surface area contributed by atoms with Crippen molar-refractivity contribution in [3.63, 3.8) is 0 Å². The van der Waals surface area contributed by atoms with Crippen molar-refractivity contribution in [1.82, 2.24) is 15.0 Å². The molecule has 4 nitrogen and oxygen atoms in total. The Hall–Kier alpha value is -1.62. The molecule has 0 bridgehead atoms. The van der Waals surface area contributed by atoms with Gasteiger partial charge in [-0.15, -0.1) is 11.8 Å². The number of pyridine rings is 1. The first-order valence-electron chi connectivity index (χ1n) is 8.29. The van der Waals surface area contributed by atoms with E-state index in [0.29, 0.717) is 0 Å². The average Bonchev–Trinajstić information content (AvgIpc) is 2.92. The van der Waals surface area contributed by atoms with Crippen molar-refractivity contribution < 1.29 is 0 Å². The number of thioether (sulfide) groups is 1. The third-order valence-corrected chi connectivity index (χ3v) is 5.82. The molecule has 3 heterocycles. The molecule has 2 aromatic heterocycles. The largest absolute Gasteiger partial charge is 0.356 e. The molecule has 2 aromatic rings. The van der Waals surface area contributed by atoms with Gasteiger partial charge in [0.05, 0.1) is 10.7 Å². The summed E-state index contributed by atoms with van der Waals surface area (Å²) in [7, 11) is 0. The summed E-state index contributed by atoms with van der Waals surface area (Å²) < 4.78 is 0. The second-order valence-electron chi connectivity index (χ2n) is 6.63. The number of rotatable bonds is 2. The SMILES string of the molecule is CSc1cccc(N2CCCC3(CCc4cnc(C)nc43)C2)n1. The van der Waals surface area contributed by atoms with Crippen LogP contribution in [-0.2, 0) is 11.8 Å². The van der Waals surface area contributed by atoms with E-state index in [2.05, 4.69) is 34.3 Å². The maximum absolute atomic E-state index is 4.83. The van der Waals surface area contributed by atoms with E-state index >= 15 is 0 Å². The lowest BCUT2D eigenvalue weighted by molar-refractivity contribution is 0.332. The number of fused-ring (bicyclic) bond motifs is 2. The molecule has 1 fully saturated rings. The Labute approximate surface area is 141 Å². The van der Waals surface area contributed by atoms with Crippen molar-refractivity contribution in [2.24, 2.45) is 0 Å². The monoisotopic (exact) mass is 326 g/mol. The third kappa shape index (κ3) is 2.61. The van der Waals surface area contributed by atoms with Crippen LogP contribution in [0.25, 0.3) is 0 Å². The lowest BCUT2D eigenvalue weighted by atomic mass is 9.77. The second kappa shape index (κ2) is 5.78. The number of piperidine rings is 1. The Morgan fingerprint density at radius 1 is 1.22 bits per heavy atom. The molecule has 1 saturated heterocycles. The summed E-state index contributed by atoms with van der Waals surface area (Å²) in [6.07, 6.45) is 8.86. The van der Waals surface area contributed by atoms with Gasteiger partial charge in [0.1, 0.15) is 11.6 Å². The first-order chi connectivity index (χ1) is 11.2. The van der Waals surface area contributed by atoms with E-state index in [1.165, 1.54) is 30.5 Å². The van der Waals surface area contributed by atoms with Crippen molar-refractivity contribution in [2.45, 2.75) is 43.0 Å². The normalized spacial score (nSPS) is 23.3. The Morgan fingerprint density at radius 3 is 3.00 bits per heavy atom. The number of aryl methyl sites for hydroxylation is 2. The van der Waals surface area contributed by atoms with Gasteiger partial charge in [0, 0.05) is 24.7 Å². The van der Waals surface area contributed by atoms with E-state index < -0.39 is 0 Å². The van der Waals surface area contributed by atoms with Gasteiger partial charge >= 0.3 is 0 Å². The Balaban J connectivity index is 1.67. The summed E-state index contributed by atoms with van der Waals surface area (Å²) in [5.41, 5.74) is 2.84. The highest BCUT2D eigenvalue weighted by molar-refractivity contribution is 7.98. The average molecular weight is 326 g/mol. The molecule has 0 saturated carbocycles. The van der Waals surface area contributed by atoms with E-state index in [1.54, 1.807) is 11.8 Å². The highest BCUT2D eigenvalue weighted by atomic mass is 32.2. The van der Waals surface area contributed by atoms with Crippen molar-refractivity contribution in [2.75, 3.05) is 24.2 Å². The first-order valence-corrected chi connectivity index (χ1v) is 9.52. The van der Waals surface area contributed by atoms with Crippen LogP contribution in [0.1, 0.15) is 36.3 Å². The summed E-state index contributed by atoms with van der Waals surface area (Å²) in [5, 5.41) is 1.09. The van der Waals surface area contributed by atoms with Gasteiger partial charge in [0.25, 0.3) is 0 Å². The number of anilines is 1. The molecular weight excluding hydrogens is 304 g/mol. The van der Waals surface area contributed by atoms with Gasteiger partial charge in [0.15, 0.2) is 0 Å². The van der Waals surface area contributed by atoms with Crippen molar-refractivity contribution >= 4 is 17.6 Å². The van der Waals surface area contributed by atoms with Crippen LogP contribution in [0, 0.1) is 6.92 Å². The summed E-state index contributed by atoms with van der Waals surface area (Å²) >= 11 is 1.70. The molecule has 1 atom stereocenters. The molecule has 0 amide bonds. The van der Waals surface area contributed by atoms with E-state index in [0.717, 1.165) is 36.2 Å². The quantitative estimate of drug-likeness (QED) is 0.791. The van der Waals surface area contributed by atoms with Gasteiger partial charge in [-0.05, 0) is 56.6 Å². The van der Waals surface area contributed by atoms with Gasteiger partial charge in [-0.3, -0.25) is 0 Å². The fourth-order valence-corrected chi connectivity index (χ4v) is 4.45. The highest BCUT2D eigenvalue weighted by Gasteiger charge is 2.43. The summed E-state index contributed by atoms with van der Waals surface area (Å²) in [5.74, 6) is 2.00. The molecule has 0 aromatic carbocycles. The number of nitrogens with zero attached hydrogens (tertiary/aromatic N) is 4. The van der Waals surface area contributed by atoms with Crippen molar-refractivity contribution in [1.29, 1.82) is 0 Å². The zero-order valence-electron chi connectivity index (χ0n) is 13.7. The molecular formula is C18H22N4S. The van der Waals surface area contributed by atoms with Gasteiger partial charge in [-0.1, -0.05) is 6.07 Å². The van der Waals surface area contributed by atoms with Gasteiger partial charge in [0.2, 0.25) is 0 Å². The molecule has 23 heavy (non-hydrogen) atoms. The molecule has 2 aliphatic rings. The van der Waals surface area contributed by atoms with E-state index in [4.69, 9.17) is 9.97 Å². The third-order valence-electron chi connectivity index (χ3n) is 5.18. The zero-order valence-corrected chi connectivity index (χ0v) is 14.6. The molecule has 1 aliphatic carbocycles. The Morgan fingerprint density at radius 2 is 2.13 bits per heavy atom. The predicted octanol–water partition coefficient (Wildman–Crippen LogP) is 3.39. The van der Waals surface area contributed by atoms with Gasteiger partial charge in [-0.25, -0.2) is 15.0 Å². The minimum Gasteiger partial charge on any atom is -0.356 e. The minimum absolute atomic E-state index is 0.193. The molecule has 0 N–H and O–H groups in total. The minimum atomic E-state index is 0.193. The summed E-state index contributed by atoms with van der Waals surface area (Å²) in [4.78, 5) is 16.5. The first kappa shape index (κ1) is 14.9. The van der Waals surface area contributed by atoms with Crippen molar-refractivity contribution in [3.05, 3.63) is 41.5 Å². The molecule has 120 valence electrons. The number of hydrogen-bond donors (Lipinski definition) is 0. The van der Waals surface area contributed by atoms with Crippen LogP contribution in [0.2, 0.25) is 0 Å². The highest BCUT2D eigenvalue weighted by Crippen LogP contribution is 2.44. The molecule has 1 spiro atoms. The van der Waals surface area contributed by atoms with E-state index in [-0.39, 0.29) is 5.41 Å². The van der Waals surface area contributed by atoms with Gasteiger partial charge in [-0.2, -0.15) is 0 Å². The Bertz CT molecular complexity index is 729. The lowest BCUT2D eigenvalue weighted by Crippen LogP contribution is -2.45. The zero-order chi connectivity index (χ0) is 15.9. The topological polar surface area (TPSA) is 41.9 Å². The van der Waals surface area contributed by atoms with Crippen LogP contribution in [0.5, 0.6) is 0 Å².